The summed E-state index contributed by atoms with van der Waals surface area (Å²) in [5.41, 5.74) is 0.705. The van der Waals surface area contributed by atoms with Crippen molar-refractivity contribution < 1.29 is 4.79 Å². The minimum Gasteiger partial charge on any atom is -0.336 e. The largest absolute Gasteiger partial charge is 0.336 e. The summed E-state index contributed by atoms with van der Waals surface area (Å²) in [4.78, 5) is 20.8. The molecule has 116 valence electrons. The molecular weight excluding hydrogens is 300 g/mol. The topological polar surface area (TPSA) is 41.4 Å². The van der Waals surface area contributed by atoms with Crippen molar-refractivity contribution in [2.24, 2.45) is 0 Å². The van der Waals surface area contributed by atoms with E-state index in [1.54, 1.807) is 30.5 Å². The number of amides is 1. The van der Waals surface area contributed by atoms with Gasteiger partial charge in [-0.3, -0.25) is 9.69 Å². The normalized spacial score (nSPS) is 16.0. The number of piperazine rings is 1. The van der Waals surface area contributed by atoms with E-state index in [4.69, 9.17) is 11.6 Å². The maximum Gasteiger partial charge on any atom is 0.253 e. The fourth-order valence-electron chi connectivity index (χ4n) is 2.63. The monoisotopic (exact) mass is 318 g/mol. The van der Waals surface area contributed by atoms with Crippen LogP contribution in [0.5, 0.6) is 0 Å². The number of aromatic nitrogens is 2. The number of hydrogen-bond donors (Lipinski definition) is 0. The number of carbonyl (C=O) groups is 1. The Morgan fingerprint density at radius 3 is 2.45 bits per heavy atom. The Morgan fingerprint density at radius 2 is 1.82 bits per heavy atom. The molecule has 3 rings (SSSR count). The summed E-state index contributed by atoms with van der Waals surface area (Å²) in [5.74, 6) is 0.0888. The van der Waals surface area contributed by atoms with Crippen LogP contribution in [0.2, 0.25) is 5.02 Å². The van der Waals surface area contributed by atoms with Crippen LogP contribution in [0.25, 0.3) is 0 Å². The van der Waals surface area contributed by atoms with Crippen molar-refractivity contribution >= 4 is 17.5 Å². The van der Waals surface area contributed by atoms with Crippen LogP contribution >= 0.6 is 11.6 Å². The van der Waals surface area contributed by atoms with Crippen LogP contribution in [0.3, 0.4) is 0 Å². The summed E-state index contributed by atoms with van der Waals surface area (Å²) in [6, 6.07) is 7.10. The molecular formula is C16H19ClN4O. The zero-order valence-electron chi connectivity index (χ0n) is 12.4. The predicted octanol–water partition coefficient (Wildman–Crippen LogP) is 1.99. The van der Waals surface area contributed by atoms with Crippen LogP contribution in [0.1, 0.15) is 10.4 Å². The predicted molar refractivity (Wildman–Crippen MR) is 86.0 cm³/mol. The van der Waals surface area contributed by atoms with Crippen molar-refractivity contribution in [3.8, 4) is 0 Å². The van der Waals surface area contributed by atoms with Gasteiger partial charge >= 0.3 is 0 Å². The van der Waals surface area contributed by atoms with Gasteiger partial charge in [-0.1, -0.05) is 11.6 Å². The molecule has 0 atom stereocenters. The highest BCUT2D eigenvalue weighted by atomic mass is 35.5. The third-order valence-electron chi connectivity index (χ3n) is 3.98. The second-order valence-corrected chi connectivity index (χ2v) is 5.88. The van der Waals surface area contributed by atoms with Gasteiger partial charge in [-0.2, -0.15) is 0 Å². The van der Waals surface area contributed by atoms with Gasteiger partial charge in [0.15, 0.2) is 0 Å². The number of hydrogen-bond acceptors (Lipinski definition) is 3. The molecule has 2 heterocycles. The Labute approximate surface area is 135 Å². The number of carbonyl (C=O) groups excluding carboxylic acids is 1. The molecule has 22 heavy (non-hydrogen) atoms. The highest BCUT2D eigenvalue weighted by Crippen LogP contribution is 2.13. The van der Waals surface area contributed by atoms with Crippen LogP contribution < -0.4 is 0 Å². The Morgan fingerprint density at radius 1 is 1.09 bits per heavy atom. The molecule has 0 N–H and O–H groups in total. The van der Waals surface area contributed by atoms with E-state index in [0.717, 1.165) is 39.3 Å². The average Bonchev–Trinajstić information content (AvgIpc) is 3.07. The quantitative estimate of drug-likeness (QED) is 0.866. The fourth-order valence-corrected chi connectivity index (χ4v) is 2.75. The lowest BCUT2D eigenvalue weighted by Crippen LogP contribution is -2.49. The number of benzene rings is 1. The van der Waals surface area contributed by atoms with E-state index in [1.165, 1.54) is 0 Å². The van der Waals surface area contributed by atoms with E-state index in [-0.39, 0.29) is 5.91 Å². The fraction of sp³-hybridized carbons (Fsp3) is 0.375. The molecule has 1 aromatic heterocycles. The highest BCUT2D eigenvalue weighted by molar-refractivity contribution is 6.30. The summed E-state index contributed by atoms with van der Waals surface area (Å²) in [5, 5.41) is 0.654. The first-order valence-corrected chi connectivity index (χ1v) is 7.83. The van der Waals surface area contributed by atoms with Gasteiger partial charge < -0.3 is 9.47 Å². The molecule has 6 heteroatoms. The van der Waals surface area contributed by atoms with E-state index < -0.39 is 0 Å². The molecule has 1 aromatic carbocycles. The molecule has 0 bridgehead atoms. The van der Waals surface area contributed by atoms with Crippen molar-refractivity contribution in [1.82, 2.24) is 19.4 Å². The molecule has 1 saturated heterocycles. The van der Waals surface area contributed by atoms with Gasteiger partial charge in [0, 0.05) is 62.2 Å². The minimum atomic E-state index is 0.0888. The number of imidazole rings is 1. The average molecular weight is 319 g/mol. The van der Waals surface area contributed by atoms with Gasteiger partial charge in [0.05, 0.1) is 6.33 Å². The Hall–Kier alpha value is -1.85. The zero-order valence-corrected chi connectivity index (χ0v) is 13.1. The van der Waals surface area contributed by atoms with Gasteiger partial charge in [0.1, 0.15) is 0 Å². The van der Waals surface area contributed by atoms with E-state index in [0.29, 0.717) is 10.6 Å². The molecule has 1 fully saturated rings. The van der Waals surface area contributed by atoms with Crippen molar-refractivity contribution in [1.29, 1.82) is 0 Å². The maximum absolute atomic E-state index is 12.4. The lowest BCUT2D eigenvalue weighted by atomic mass is 10.2. The molecule has 0 unspecified atom stereocenters. The third-order valence-corrected chi connectivity index (χ3v) is 4.24. The van der Waals surface area contributed by atoms with Gasteiger partial charge in [-0.05, 0) is 24.3 Å². The first kappa shape index (κ1) is 15.1. The zero-order chi connectivity index (χ0) is 15.4. The van der Waals surface area contributed by atoms with Crippen LogP contribution in [-0.2, 0) is 6.54 Å². The van der Waals surface area contributed by atoms with Gasteiger partial charge in [0.25, 0.3) is 5.91 Å². The van der Waals surface area contributed by atoms with Crippen LogP contribution in [-0.4, -0.2) is 58.0 Å². The van der Waals surface area contributed by atoms with E-state index in [1.807, 2.05) is 17.4 Å². The molecule has 1 aliphatic heterocycles. The molecule has 0 aliphatic carbocycles. The van der Waals surface area contributed by atoms with E-state index in [9.17, 15) is 4.79 Å². The standard InChI is InChI=1S/C16H19ClN4O/c17-15-3-1-14(2-4-15)16(22)21-11-9-19(10-12-21)7-8-20-6-5-18-13-20/h1-6,13H,7-12H2. The lowest BCUT2D eigenvalue weighted by molar-refractivity contribution is 0.0633. The van der Waals surface area contributed by atoms with Crippen molar-refractivity contribution in [2.45, 2.75) is 6.54 Å². The molecule has 0 radical (unpaired) electrons. The molecule has 1 aliphatic rings. The van der Waals surface area contributed by atoms with Crippen molar-refractivity contribution in [2.75, 3.05) is 32.7 Å². The van der Waals surface area contributed by atoms with Crippen molar-refractivity contribution in [3.05, 3.63) is 53.6 Å². The van der Waals surface area contributed by atoms with E-state index in [2.05, 4.69) is 14.5 Å². The summed E-state index contributed by atoms with van der Waals surface area (Å²) >= 11 is 5.86. The smallest absolute Gasteiger partial charge is 0.253 e. The van der Waals surface area contributed by atoms with Crippen molar-refractivity contribution in [3.63, 3.8) is 0 Å². The highest BCUT2D eigenvalue weighted by Gasteiger charge is 2.21. The maximum atomic E-state index is 12.4. The number of rotatable bonds is 4. The van der Waals surface area contributed by atoms with Crippen LogP contribution in [0.15, 0.2) is 43.0 Å². The minimum absolute atomic E-state index is 0.0888. The second kappa shape index (κ2) is 6.94. The Balaban J connectivity index is 1.48. The van der Waals surface area contributed by atoms with Gasteiger partial charge in [-0.25, -0.2) is 4.98 Å². The van der Waals surface area contributed by atoms with Crippen LogP contribution in [0.4, 0.5) is 0 Å². The second-order valence-electron chi connectivity index (χ2n) is 5.44. The van der Waals surface area contributed by atoms with E-state index >= 15 is 0 Å². The summed E-state index contributed by atoms with van der Waals surface area (Å²) < 4.78 is 2.07. The number of nitrogens with zero attached hydrogens (tertiary/aromatic N) is 4. The molecule has 0 saturated carbocycles. The summed E-state index contributed by atoms with van der Waals surface area (Å²) in [6.45, 7) is 5.28. The molecule has 0 spiro atoms. The first-order chi connectivity index (χ1) is 10.7. The molecule has 2 aromatic rings. The lowest BCUT2D eigenvalue weighted by Gasteiger charge is -2.34. The summed E-state index contributed by atoms with van der Waals surface area (Å²) in [7, 11) is 0. The van der Waals surface area contributed by atoms with Gasteiger partial charge in [0.2, 0.25) is 0 Å². The number of halogens is 1. The molecule has 1 amide bonds. The third kappa shape index (κ3) is 3.67. The summed E-state index contributed by atoms with van der Waals surface area (Å²) in [6.07, 6.45) is 5.60. The Bertz CT molecular complexity index is 604. The molecule has 5 nitrogen and oxygen atoms in total. The van der Waals surface area contributed by atoms with Crippen LogP contribution in [0, 0.1) is 0 Å². The van der Waals surface area contributed by atoms with Gasteiger partial charge in [-0.15, -0.1) is 0 Å². The SMILES string of the molecule is O=C(c1ccc(Cl)cc1)N1CCN(CCn2ccnc2)CC1. The Kier molecular flexibility index (Phi) is 4.75. The first-order valence-electron chi connectivity index (χ1n) is 7.45.